The van der Waals surface area contributed by atoms with Crippen LogP contribution in [0.15, 0.2) is 30.3 Å². The third-order valence-corrected chi connectivity index (χ3v) is 2.93. The fraction of sp³-hybridized carbons (Fsp3) is 0.286. The average molecular weight is 230 g/mol. The summed E-state index contributed by atoms with van der Waals surface area (Å²) in [4.78, 5) is 0. The molecule has 3 nitrogen and oxygen atoms in total. The smallest absolute Gasteiger partial charge is 0.120 e. The number of benzene rings is 1. The lowest BCUT2D eigenvalue weighted by atomic mass is 10.1. The lowest BCUT2D eigenvalue weighted by Crippen LogP contribution is -2.16. The highest BCUT2D eigenvalue weighted by Crippen LogP contribution is 2.18. The van der Waals surface area contributed by atoms with Crippen molar-refractivity contribution in [2.45, 2.75) is 27.3 Å². The number of phenols is 1. The van der Waals surface area contributed by atoms with Gasteiger partial charge >= 0.3 is 0 Å². The van der Waals surface area contributed by atoms with E-state index in [1.165, 1.54) is 0 Å². The Balaban J connectivity index is 2.15. The van der Waals surface area contributed by atoms with Gasteiger partial charge in [0, 0.05) is 17.0 Å². The van der Waals surface area contributed by atoms with Crippen LogP contribution >= 0.6 is 0 Å². The van der Waals surface area contributed by atoms with E-state index in [9.17, 15) is 5.11 Å². The maximum atomic E-state index is 9.75. The first-order valence-corrected chi connectivity index (χ1v) is 5.75. The molecule has 90 valence electrons. The van der Waals surface area contributed by atoms with E-state index in [-0.39, 0.29) is 0 Å². The van der Waals surface area contributed by atoms with E-state index in [0.29, 0.717) is 12.3 Å². The lowest BCUT2D eigenvalue weighted by molar-refractivity contribution is 0.468. The van der Waals surface area contributed by atoms with Gasteiger partial charge in [-0.1, -0.05) is 17.7 Å². The summed E-state index contributed by atoms with van der Waals surface area (Å²) in [6.07, 6.45) is 0. The first-order valence-electron chi connectivity index (χ1n) is 5.75. The Morgan fingerprint density at radius 3 is 2.35 bits per heavy atom. The summed E-state index contributed by atoms with van der Waals surface area (Å²) >= 11 is 0. The van der Waals surface area contributed by atoms with Gasteiger partial charge in [0.2, 0.25) is 0 Å². The third-order valence-electron chi connectivity index (χ3n) is 2.93. The van der Waals surface area contributed by atoms with Gasteiger partial charge < -0.3 is 10.5 Å². The second-order valence-electron chi connectivity index (χ2n) is 4.42. The Labute approximate surface area is 102 Å². The van der Waals surface area contributed by atoms with Crippen LogP contribution in [-0.4, -0.2) is 9.78 Å². The van der Waals surface area contributed by atoms with Gasteiger partial charge in [0.1, 0.15) is 5.75 Å². The zero-order valence-electron chi connectivity index (χ0n) is 10.5. The van der Waals surface area contributed by atoms with Crippen LogP contribution < -0.4 is 5.43 Å². The zero-order chi connectivity index (χ0) is 12.4. The number of aromatic hydroxyl groups is 1. The van der Waals surface area contributed by atoms with Crippen LogP contribution in [-0.2, 0) is 6.54 Å². The van der Waals surface area contributed by atoms with Crippen molar-refractivity contribution in [2.24, 2.45) is 0 Å². The largest absolute Gasteiger partial charge is 0.508 e. The van der Waals surface area contributed by atoms with Crippen LogP contribution in [0.4, 0.5) is 0 Å². The molecule has 1 aromatic heterocycles. The van der Waals surface area contributed by atoms with Crippen LogP contribution in [0.1, 0.15) is 22.5 Å². The Morgan fingerprint density at radius 2 is 1.71 bits per heavy atom. The number of aryl methyl sites for hydroxylation is 3. The zero-order valence-corrected chi connectivity index (χ0v) is 10.5. The van der Waals surface area contributed by atoms with Gasteiger partial charge in [0.25, 0.3) is 0 Å². The van der Waals surface area contributed by atoms with Crippen molar-refractivity contribution >= 4 is 0 Å². The number of nitrogens with zero attached hydrogens (tertiary/aromatic N) is 1. The minimum absolute atomic E-state index is 0.338. The van der Waals surface area contributed by atoms with Crippen molar-refractivity contribution in [3.63, 3.8) is 0 Å². The van der Waals surface area contributed by atoms with Crippen molar-refractivity contribution in [1.29, 1.82) is 0 Å². The SMILES string of the molecule is Cc1ccc(O)c(CNn2c(C)ccc2C)c1. The van der Waals surface area contributed by atoms with E-state index in [4.69, 9.17) is 0 Å². The summed E-state index contributed by atoms with van der Waals surface area (Å²) in [6.45, 7) is 6.74. The minimum Gasteiger partial charge on any atom is -0.508 e. The highest BCUT2D eigenvalue weighted by molar-refractivity contribution is 5.36. The van der Waals surface area contributed by atoms with E-state index in [0.717, 1.165) is 22.5 Å². The van der Waals surface area contributed by atoms with Gasteiger partial charge in [0.15, 0.2) is 0 Å². The Morgan fingerprint density at radius 1 is 1.06 bits per heavy atom. The predicted molar refractivity (Wildman–Crippen MR) is 69.8 cm³/mol. The highest BCUT2D eigenvalue weighted by Gasteiger charge is 2.03. The van der Waals surface area contributed by atoms with Gasteiger partial charge in [-0.15, -0.1) is 0 Å². The first-order chi connectivity index (χ1) is 8.08. The van der Waals surface area contributed by atoms with Gasteiger partial charge in [0.05, 0.1) is 6.54 Å². The van der Waals surface area contributed by atoms with E-state index >= 15 is 0 Å². The highest BCUT2D eigenvalue weighted by atomic mass is 16.3. The fourth-order valence-corrected chi connectivity index (χ4v) is 1.94. The van der Waals surface area contributed by atoms with Crippen molar-refractivity contribution in [2.75, 3.05) is 5.43 Å². The van der Waals surface area contributed by atoms with Crippen molar-refractivity contribution in [1.82, 2.24) is 4.68 Å². The second-order valence-corrected chi connectivity index (χ2v) is 4.42. The maximum Gasteiger partial charge on any atom is 0.120 e. The van der Waals surface area contributed by atoms with E-state index in [1.54, 1.807) is 6.07 Å². The molecule has 0 atom stereocenters. The molecule has 0 unspecified atom stereocenters. The summed E-state index contributed by atoms with van der Waals surface area (Å²) < 4.78 is 2.03. The molecular formula is C14H18N2O. The number of hydrogen-bond acceptors (Lipinski definition) is 2. The van der Waals surface area contributed by atoms with E-state index in [1.807, 2.05) is 23.7 Å². The standard InChI is InChI=1S/C14H18N2O/c1-10-4-7-14(17)13(8-10)9-15-16-11(2)5-6-12(16)3/h4-8,15,17H,9H2,1-3H3. The lowest BCUT2D eigenvalue weighted by Gasteiger charge is -2.13. The van der Waals surface area contributed by atoms with Crippen LogP contribution in [0.3, 0.4) is 0 Å². The number of aromatic nitrogens is 1. The topological polar surface area (TPSA) is 37.2 Å². The molecule has 0 saturated carbocycles. The summed E-state index contributed by atoms with van der Waals surface area (Å²) in [6, 6.07) is 9.78. The molecule has 17 heavy (non-hydrogen) atoms. The molecule has 2 N–H and O–H groups in total. The average Bonchev–Trinajstić information content (AvgIpc) is 2.61. The molecule has 1 aromatic carbocycles. The monoisotopic (exact) mass is 230 g/mol. The van der Waals surface area contributed by atoms with Crippen molar-refractivity contribution in [3.05, 3.63) is 52.8 Å². The molecule has 0 aliphatic rings. The number of phenolic OH excluding ortho intramolecular Hbond substituents is 1. The fourth-order valence-electron chi connectivity index (χ4n) is 1.94. The number of nitrogens with one attached hydrogen (secondary N) is 1. The summed E-state index contributed by atoms with van der Waals surface area (Å²) in [5.41, 5.74) is 7.69. The summed E-state index contributed by atoms with van der Waals surface area (Å²) in [7, 11) is 0. The quantitative estimate of drug-likeness (QED) is 0.850. The molecule has 0 amide bonds. The molecule has 1 heterocycles. The normalized spacial score (nSPS) is 10.5. The molecule has 0 spiro atoms. The molecule has 0 saturated heterocycles. The van der Waals surface area contributed by atoms with E-state index in [2.05, 4.69) is 31.4 Å². The van der Waals surface area contributed by atoms with Crippen molar-refractivity contribution < 1.29 is 5.11 Å². The molecule has 0 aliphatic heterocycles. The third kappa shape index (κ3) is 2.44. The molecule has 2 aromatic rings. The maximum absolute atomic E-state index is 9.75. The summed E-state index contributed by atoms with van der Waals surface area (Å²) in [5, 5.41) is 9.75. The summed E-state index contributed by atoms with van der Waals surface area (Å²) in [5.74, 6) is 0.338. The molecule has 0 bridgehead atoms. The van der Waals surface area contributed by atoms with E-state index < -0.39 is 0 Å². The Hall–Kier alpha value is -1.90. The molecule has 3 heteroatoms. The van der Waals surface area contributed by atoms with Gasteiger partial charge in [-0.05, 0) is 39.0 Å². The molecular weight excluding hydrogens is 212 g/mol. The number of hydrogen-bond donors (Lipinski definition) is 2. The molecule has 0 radical (unpaired) electrons. The van der Waals surface area contributed by atoms with Crippen LogP contribution in [0.25, 0.3) is 0 Å². The number of rotatable bonds is 3. The predicted octanol–water partition coefficient (Wildman–Crippen LogP) is 2.86. The minimum atomic E-state index is 0.338. The molecule has 0 fully saturated rings. The van der Waals surface area contributed by atoms with Crippen LogP contribution in [0, 0.1) is 20.8 Å². The molecule has 0 aliphatic carbocycles. The first kappa shape index (κ1) is 11.6. The Kier molecular flexibility index (Phi) is 3.09. The van der Waals surface area contributed by atoms with Gasteiger partial charge in [-0.25, -0.2) is 0 Å². The van der Waals surface area contributed by atoms with Gasteiger partial charge in [-0.2, -0.15) is 0 Å². The van der Waals surface area contributed by atoms with Crippen LogP contribution in [0.2, 0.25) is 0 Å². The Bertz CT molecular complexity index is 510. The van der Waals surface area contributed by atoms with Crippen molar-refractivity contribution in [3.8, 4) is 5.75 Å². The van der Waals surface area contributed by atoms with Crippen LogP contribution in [0.5, 0.6) is 5.75 Å². The second kappa shape index (κ2) is 4.53. The molecule has 2 rings (SSSR count). The van der Waals surface area contributed by atoms with Gasteiger partial charge in [-0.3, -0.25) is 4.68 Å².